The summed E-state index contributed by atoms with van der Waals surface area (Å²) in [5.74, 6) is -0.266. The molecule has 4 aromatic rings. The van der Waals surface area contributed by atoms with Gasteiger partial charge in [-0.25, -0.2) is 0 Å². The number of methoxy groups -OCH3 is 1. The third-order valence-electron chi connectivity index (χ3n) is 5.83. The number of anilines is 1. The largest absolute Gasteiger partial charge is 0.493 e. The van der Waals surface area contributed by atoms with Crippen LogP contribution in [0, 0.1) is 5.41 Å². The van der Waals surface area contributed by atoms with Crippen molar-refractivity contribution in [2.24, 2.45) is 5.73 Å². The van der Waals surface area contributed by atoms with Crippen LogP contribution in [0.25, 0.3) is 0 Å². The van der Waals surface area contributed by atoms with Gasteiger partial charge in [0.25, 0.3) is 0 Å². The zero-order valence-electron chi connectivity index (χ0n) is 20.9. The zero-order valence-corrected chi connectivity index (χ0v) is 21.8. The molecule has 0 bridgehead atoms. The van der Waals surface area contributed by atoms with Crippen molar-refractivity contribution in [3.63, 3.8) is 0 Å². The van der Waals surface area contributed by atoms with E-state index in [1.807, 2.05) is 60.7 Å². The molecule has 0 aliphatic rings. The Bertz CT molecular complexity index is 1400. The Morgan fingerprint density at radius 1 is 0.895 bits per heavy atom. The van der Waals surface area contributed by atoms with Crippen LogP contribution in [0.3, 0.4) is 0 Å². The van der Waals surface area contributed by atoms with Gasteiger partial charge in [-0.1, -0.05) is 66.7 Å². The van der Waals surface area contributed by atoms with E-state index >= 15 is 0 Å². The molecule has 0 aliphatic carbocycles. The van der Waals surface area contributed by atoms with Crippen molar-refractivity contribution in [3.05, 3.63) is 125 Å². The number of amidine groups is 1. The van der Waals surface area contributed by atoms with Crippen LogP contribution in [0.2, 0.25) is 0 Å². The minimum atomic E-state index is -4.27. The molecule has 196 valence electrons. The van der Waals surface area contributed by atoms with Gasteiger partial charge in [0.05, 0.1) is 13.7 Å². The highest BCUT2D eigenvalue weighted by Crippen LogP contribution is 2.57. The van der Waals surface area contributed by atoms with Crippen molar-refractivity contribution in [2.75, 3.05) is 12.4 Å². The highest BCUT2D eigenvalue weighted by Gasteiger charge is 2.35. The molecule has 0 fully saturated rings. The van der Waals surface area contributed by atoms with E-state index in [1.165, 1.54) is 7.11 Å². The molecule has 2 atom stereocenters. The van der Waals surface area contributed by atoms with Crippen LogP contribution in [-0.2, 0) is 22.3 Å². The standard InChI is InChI=1S/C29H30N3O5P/c1-35-27-18-24(14-17-26(27)36-19-21-8-4-2-5-9-21)29(32-25-15-12-23(13-16-25)28(30)31)38(33,34)37-20-22-10-6-3-7-11-22/h2-18,29,32H,19-20H2,1H3,(H3,30,31)(H,33,34). The molecule has 0 spiro atoms. The number of nitrogens with one attached hydrogen (secondary N) is 2. The smallest absolute Gasteiger partial charge is 0.355 e. The van der Waals surface area contributed by atoms with E-state index in [1.54, 1.807) is 42.5 Å². The molecule has 0 aliphatic heterocycles. The lowest BCUT2D eigenvalue weighted by Gasteiger charge is -2.26. The molecule has 0 saturated carbocycles. The summed E-state index contributed by atoms with van der Waals surface area (Å²) in [6.07, 6.45) is 0. The number of nitrogen functional groups attached to an aromatic ring is 1. The van der Waals surface area contributed by atoms with Crippen molar-refractivity contribution in [2.45, 2.75) is 19.0 Å². The molecule has 0 saturated heterocycles. The maximum absolute atomic E-state index is 13.6. The first-order valence-electron chi connectivity index (χ1n) is 11.9. The van der Waals surface area contributed by atoms with E-state index in [-0.39, 0.29) is 12.4 Å². The van der Waals surface area contributed by atoms with Crippen molar-refractivity contribution in [1.82, 2.24) is 0 Å². The monoisotopic (exact) mass is 531 g/mol. The molecule has 0 radical (unpaired) electrons. The van der Waals surface area contributed by atoms with Gasteiger partial charge < -0.3 is 29.9 Å². The van der Waals surface area contributed by atoms with Crippen LogP contribution >= 0.6 is 7.60 Å². The van der Waals surface area contributed by atoms with E-state index in [9.17, 15) is 9.46 Å². The molecule has 5 N–H and O–H groups in total. The number of benzene rings is 4. The predicted octanol–water partition coefficient (Wildman–Crippen LogP) is 6.07. The number of rotatable bonds is 12. The minimum Gasteiger partial charge on any atom is -0.493 e. The third-order valence-corrected chi connectivity index (χ3v) is 7.40. The maximum atomic E-state index is 13.6. The Morgan fingerprint density at radius 2 is 1.50 bits per heavy atom. The van der Waals surface area contributed by atoms with Crippen LogP contribution in [0.4, 0.5) is 5.69 Å². The van der Waals surface area contributed by atoms with E-state index in [2.05, 4.69) is 5.32 Å². The van der Waals surface area contributed by atoms with E-state index in [0.29, 0.717) is 34.9 Å². The fourth-order valence-electron chi connectivity index (χ4n) is 3.78. The van der Waals surface area contributed by atoms with Crippen molar-refractivity contribution >= 4 is 19.1 Å². The average Bonchev–Trinajstić information content (AvgIpc) is 2.95. The summed E-state index contributed by atoms with van der Waals surface area (Å²) in [5, 5.41) is 10.7. The molecular formula is C29H30N3O5P. The molecular weight excluding hydrogens is 501 g/mol. The van der Waals surface area contributed by atoms with Crippen molar-refractivity contribution < 1.29 is 23.5 Å². The predicted molar refractivity (Wildman–Crippen MR) is 149 cm³/mol. The van der Waals surface area contributed by atoms with Gasteiger partial charge >= 0.3 is 7.60 Å². The summed E-state index contributed by atoms with van der Waals surface area (Å²) in [6, 6.07) is 30.7. The number of hydrogen-bond acceptors (Lipinski definition) is 6. The van der Waals surface area contributed by atoms with Crippen LogP contribution in [-0.4, -0.2) is 17.8 Å². The Hall–Kier alpha value is -4.10. The molecule has 4 aromatic carbocycles. The second-order valence-electron chi connectivity index (χ2n) is 8.55. The normalized spacial score (nSPS) is 13.2. The molecule has 4 rings (SSSR count). The van der Waals surface area contributed by atoms with Crippen molar-refractivity contribution in [3.8, 4) is 11.5 Å². The topological polar surface area (TPSA) is 127 Å². The second-order valence-corrected chi connectivity index (χ2v) is 10.4. The molecule has 38 heavy (non-hydrogen) atoms. The second kappa shape index (κ2) is 12.4. The fraction of sp³-hybridized carbons (Fsp3) is 0.138. The van der Waals surface area contributed by atoms with E-state index in [0.717, 1.165) is 11.1 Å². The van der Waals surface area contributed by atoms with Crippen LogP contribution in [0.1, 0.15) is 28.0 Å². The molecule has 2 unspecified atom stereocenters. The van der Waals surface area contributed by atoms with Crippen LogP contribution in [0.15, 0.2) is 103 Å². The van der Waals surface area contributed by atoms with Gasteiger partial charge in [-0.05, 0) is 53.1 Å². The summed E-state index contributed by atoms with van der Waals surface area (Å²) in [6.45, 7) is 0.310. The zero-order chi connectivity index (χ0) is 27.0. The quantitative estimate of drug-likeness (QED) is 0.0992. The summed E-state index contributed by atoms with van der Waals surface area (Å²) in [7, 11) is -2.75. The summed E-state index contributed by atoms with van der Waals surface area (Å²) in [4.78, 5) is 11.1. The van der Waals surface area contributed by atoms with Gasteiger partial charge in [0.15, 0.2) is 17.3 Å². The first-order chi connectivity index (χ1) is 18.4. The lowest BCUT2D eigenvalue weighted by Crippen LogP contribution is -2.14. The lowest BCUT2D eigenvalue weighted by atomic mass is 10.1. The summed E-state index contributed by atoms with van der Waals surface area (Å²) >= 11 is 0. The highest BCUT2D eigenvalue weighted by atomic mass is 31.2. The average molecular weight is 532 g/mol. The Morgan fingerprint density at radius 3 is 2.08 bits per heavy atom. The molecule has 0 amide bonds. The van der Waals surface area contributed by atoms with Gasteiger partial charge in [0, 0.05) is 11.3 Å². The first-order valence-corrected chi connectivity index (χ1v) is 13.6. The van der Waals surface area contributed by atoms with Gasteiger partial charge in [0.2, 0.25) is 0 Å². The maximum Gasteiger partial charge on any atom is 0.355 e. The Balaban J connectivity index is 1.62. The van der Waals surface area contributed by atoms with Gasteiger partial charge in [0.1, 0.15) is 12.4 Å². The lowest BCUT2D eigenvalue weighted by molar-refractivity contribution is 0.244. The number of ether oxygens (including phenoxy) is 2. The molecule has 9 heteroatoms. The van der Waals surface area contributed by atoms with Crippen LogP contribution in [0.5, 0.6) is 11.5 Å². The van der Waals surface area contributed by atoms with E-state index < -0.39 is 13.4 Å². The summed E-state index contributed by atoms with van der Waals surface area (Å²) in [5.41, 5.74) is 8.91. The fourth-order valence-corrected chi connectivity index (χ4v) is 5.11. The minimum absolute atomic E-state index is 0.0362. The Kier molecular flexibility index (Phi) is 8.81. The molecule has 8 nitrogen and oxygen atoms in total. The SMILES string of the molecule is COc1cc(C(Nc2ccc(C(=N)N)cc2)P(=O)(O)OCc2ccccc2)ccc1OCc1ccccc1. The van der Waals surface area contributed by atoms with Gasteiger partial charge in [-0.15, -0.1) is 0 Å². The Labute approximate surface area is 222 Å². The van der Waals surface area contributed by atoms with Crippen LogP contribution < -0.4 is 20.5 Å². The molecule has 0 aromatic heterocycles. The summed E-state index contributed by atoms with van der Waals surface area (Å²) < 4.78 is 30.7. The number of nitrogens with two attached hydrogens (primary N) is 1. The van der Waals surface area contributed by atoms with E-state index in [4.69, 9.17) is 25.1 Å². The van der Waals surface area contributed by atoms with Crippen molar-refractivity contribution in [1.29, 1.82) is 5.41 Å². The van der Waals surface area contributed by atoms with Gasteiger partial charge in [-0.3, -0.25) is 9.97 Å². The third kappa shape index (κ3) is 7.01. The number of hydrogen-bond donors (Lipinski definition) is 4. The highest BCUT2D eigenvalue weighted by molar-refractivity contribution is 7.53. The van der Waals surface area contributed by atoms with Gasteiger partial charge in [-0.2, -0.15) is 0 Å². The first kappa shape index (κ1) is 26.9. The molecule has 0 heterocycles.